The van der Waals surface area contributed by atoms with Crippen molar-refractivity contribution in [2.45, 2.75) is 6.42 Å². The van der Waals surface area contributed by atoms with Gasteiger partial charge in [0.2, 0.25) is 0 Å². The van der Waals surface area contributed by atoms with Gasteiger partial charge in [0.25, 0.3) is 0 Å². The molecule has 1 saturated heterocycles. The lowest BCUT2D eigenvalue weighted by Gasteiger charge is -2.08. The van der Waals surface area contributed by atoms with Crippen molar-refractivity contribution in [1.29, 1.82) is 0 Å². The standard InChI is InChI=1S/C8H15NO3/c1-11-6-8(10)12-5-7-2-3-9-4-7/h7,9H,2-6H2,1H3/t7-/m0/s1. The van der Waals surface area contributed by atoms with Crippen molar-refractivity contribution in [3.8, 4) is 0 Å². The third kappa shape index (κ3) is 3.19. The van der Waals surface area contributed by atoms with Crippen LogP contribution in [0.4, 0.5) is 0 Å². The third-order valence-electron chi connectivity index (χ3n) is 1.90. The monoisotopic (exact) mass is 173 g/mol. The highest BCUT2D eigenvalue weighted by Crippen LogP contribution is 2.07. The highest BCUT2D eigenvalue weighted by atomic mass is 16.6. The first-order valence-electron chi connectivity index (χ1n) is 4.18. The molecule has 1 aliphatic heterocycles. The van der Waals surface area contributed by atoms with Gasteiger partial charge in [-0.3, -0.25) is 0 Å². The van der Waals surface area contributed by atoms with Crippen molar-refractivity contribution < 1.29 is 14.3 Å². The number of hydrogen-bond acceptors (Lipinski definition) is 4. The summed E-state index contributed by atoms with van der Waals surface area (Å²) in [6, 6.07) is 0. The van der Waals surface area contributed by atoms with Gasteiger partial charge in [0.15, 0.2) is 0 Å². The van der Waals surface area contributed by atoms with E-state index in [1.54, 1.807) is 0 Å². The van der Waals surface area contributed by atoms with Gasteiger partial charge in [-0.15, -0.1) is 0 Å². The summed E-state index contributed by atoms with van der Waals surface area (Å²) in [5.74, 6) is 0.218. The average Bonchev–Trinajstić information content (AvgIpc) is 2.53. The molecule has 4 nitrogen and oxygen atoms in total. The number of nitrogens with one attached hydrogen (secondary N) is 1. The van der Waals surface area contributed by atoms with Crippen molar-refractivity contribution >= 4 is 5.97 Å². The minimum atomic E-state index is -0.274. The predicted molar refractivity (Wildman–Crippen MR) is 43.8 cm³/mol. The van der Waals surface area contributed by atoms with E-state index in [1.807, 2.05) is 0 Å². The van der Waals surface area contributed by atoms with Crippen molar-refractivity contribution in [3.63, 3.8) is 0 Å². The Bertz CT molecular complexity index is 143. The molecule has 70 valence electrons. The van der Waals surface area contributed by atoms with Gasteiger partial charge in [-0.25, -0.2) is 4.79 Å². The topological polar surface area (TPSA) is 47.6 Å². The van der Waals surface area contributed by atoms with Crippen LogP contribution in [0, 0.1) is 5.92 Å². The first kappa shape index (κ1) is 9.48. The number of methoxy groups -OCH3 is 1. The van der Waals surface area contributed by atoms with E-state index in [9.17, 15) is 4.79 Å². The van der Waals surface area contributed by atoms with Gasteiger partial charge >= 0.3 is 5.97 Å². The van der Waals surface area contributed by atoms with Gasteiger partial charge in [0.1, 0.15) is 6.61 Å². The van der Waals surface area contributed by atoms with Gasteiger partial charge in [-0.05, 0) is 13.0 Å². The molecule has 1 rings (SSSR count). The fourth-order valence-electron chi connectivity index (χ4n) is 1.23. The quantitative estimate of drug-likeness (QED) is 0.597. The lowest BCUT2D eigenvalue weighted by Crippen LogP contribution is -2.19. The summed E-state index contributed by atoms with van der Waals surface area (Å²) in [4.78, 5) is 10.8. The second kappa shape index (κ2) is 5.11. The van der Waals surface area contributed by atoms with Crippen LogP contribution in [-0.2, 0) is 14.3 Å². The Labute approximate surface area is 72.2 Å². The smallest absolute Gasteiger partial charge is 0.332 e. The average molecular weight is 173 g/mol. The van der Waals surface area contributed by atoms with Crippen LogP contribution < -0.4 is 5.32 Å². The van der Waals surface area contributed by atoms with Crippen molar-refractivity contribution in [3.05, 3.63) is 0 Å². The van der Waals surface area contributed by atoms with Gasteiger partial charge in [0, 0.05) is 19.6 Å². The summed E-state index contributed by atoms with van der Waals surface area (Å²) < 4.78 is 9.59. The Kier molecular flexibility index (Phi) is 4.04. The van der Waals surface area contributed by atoms with Crippen LogP contribution in [0.25, 0.3) is 0 Å². The molecule has 0 bridgehead atoms. The Hall–Kier alpha value is -0.610. The van der Waals surface area contributed by atoms with E-state index in [0.29, 0.717) is 12.5 Å². The maximum Gasteiger partial charge on any atom is 0.332 e. The summed E-state index contributed by atoms with van der Waals surface area (Å²) >= 11 is 0. The summed E-state index contributed by atoms with van der Waals surface area (Å²) in [7, 11) is 1.48. The first-order chi connectivity index (χ1) is 5.83. The number of rotatable bonds is 4. The minimum Gasteiger partial charge on any atom is -0.464 e. The fraction of sp³-hybridized carbons (Fsp3) is 0.875. The number of hydrogen-bond donors (Lipinski definition) is 1. The number of carbonyl (C=O) groups excluding carboxylic acids is 1. The van der Waals surface area contributed by atoms with Gasteiger partial charge in [-0.2, -0.15) is 0 Å². The zero-order valence-corrected chi connectivity index (χ0v) is 7.34. The molecular formula is C8H15NO3. The highest BCUT2D eigenvalue weighted by molar-refractivity contribution is 5.70. The normalized spacial score (nSPS) is 22.6. The van der Waals surface area contributed by atoms with Crippen LogP contribution in [0.1, 0.15) is 6.42 Å². The maximum absolute atomic E-state index is 10.8. The maximum atomic E-state index is 10.8. The minimum absolute atomic E-state index is 0.0557. The molecule has 1 atom stereocenters. The van der Waals surface area contributed by atoms with Crippen LogP contribution in [0.5, 0.6) is 0 Å². The lowest BCUT2D eigenvalue weighted by atomic mass is 10.1. The fourth-order valence-corrected chi connectivity index (χ4v) is 1.23. The van der Waals surface area contributed by atoms with Gasteiger partial charge in [-0.1, -0.05) is 0 Å². The number of esters is 1. The van der Waals surface area contributed by atoms with Crippen molar-refractivity contribution in [1.82, 2.24) is 5.32 Å². The molecule has 0 spiro atoms. The van der Waals surface area contributed by atoms with E-state index in [-0.39, 0.29) is 12.6 Å². The largest absolute Gasteiger partial charge is 0.464 e. The Balaban J connectivity index is 2.03. The van der Waals surface area contributed by atoms with E-state index in [4.69, 9.17) is 4.74 Å². The second-order valence-corrected chi connectivity index (χ2v) is 2.97. The molecule has 1 fully saturated rings. The van der Waals surface area contributed by atoms with Gasteiger partial charge in [0.05, 0.1) is 6.61 Å². The van der Waals surface area contributed by atoms with E-state index < -0.39 is 0 Å². The molecule has 1 aliphatic rings. The second-order valence-electron chi connectivity index (χ2n) is 2.97. The molecule has 0 radical (unpaired) electrons. The lowest BCUT2D eigenvalue weighted by molar-refractivity contribution is -0.149. The van der Waals surface area contributed by atoms with Crippen molar-refractivity contribution in [2.24, 2.45) is 5.92 Å². The van der Waals surface area contributed by atoms with Crippen LogP contribution >= 0.6 is 0 Å². The molecular weight excluding hydrogens is 158 g/mol. The third-order valence-corrected chi connectivity index (χ3v) is 1.90. The van der Waals surface area contributed by atoms with Crippen LogP contribution in [0.3, 0.4) is 0 Å². The summed E-state index contributed by atoms with van der Waals surface area (Å²) in [6.45, 7) is 2.57. The molecule has 0 saturated carbocycles. The molecule has 0 amide bonds. The van der Waals surface area contributed by atoms with Gasteiger partial charge < -0.3 is 14.8 Å². The number of carbonyl (C=O) groups is 1. The van der Waals surface area contributed by atoms with E-state index in [2.05, 4.69) is 10.1 Å². The van der Waals surface area contributed by atoms with E-state index in [1.165, 1.54) is 7.11 Å². The van der Waals surface area contributed by atoms with E-state index >= 15 is 0 Å². The molecule has 1 N–H and O–H groups in total. The number of ether oxygens (including phenoxy) is 2. The SMILES string of the molecule is COCC(=O)OC[C@H]1CCNC1. The van der Waals surface area contributed by atoms with Crippen LogP contribution in [0.15, 0.2) is 0 Å². The predicted octanol–water partition coefficient (Wildman–Crippen LogP) is -0.215. The zero-order valence-electron chi connectivity index (χ0n) is 7.34. The van der Waals surface area contributed by atoms with Crippen molar-refractivity contribution in [2.75, 3.05) is 33.4 Å². The molecule has 0 aromatic heterocycles. The Morgan fingerprint density at radius 2 is 2.50 bits per heavy atom. The molecule has 0 unspecified atom stereocenters. The molecule has 1 heterocycles. The molecule has 4 heteroatoms. The van der Waals surface area contributed by atoms with Crippen LogP contribution in [-0.4, -0.2) is 39.4 Å². The molecule has 0 aromatic carbocycles. The molecule has 0 aromatic rings. The zero-order chi connectivity index (χ0) is 8.81. The highest BCUT2D eigenvalue weighted by Gasteiger charge is 2.15. The Morgan fingerprint density at radius 1 is 1.67 bits per heavy atom. The Morgan fingerprint density at radius 3 is 3.08 bits per heavy atom. The van der Waals surface area contributed by atoms with Crippen LogP contribution in [0.2, 0.25) is 0 Å². The summed E-state index contributed by atoms with van der Waals surface area (Å²) in [6.07, 6.45) is 1.10. The first-order valence-corrected chi connectivity index (χ1v) is 4.18. The molecule has 0 aliphatic carbocycles. The molecule has 12 heavy (non-hydrogen) atoms. The summed E-state index contributed by atoms with van der Waals surface area (Å²) in [5.41, 5.74) is 0. The summed E-state index contributed by atoms with van der Waals surface area (Å²) in [5, 5.41) is 3.21. The van der Waals surface area contributed by atoms with E-state index in [0.717, 1.165) is 19.5 Å².